The molecule has 6 heteroatoms. The van der Waals surface area contributed by atoms with Gasteiger partial charge in [0.1, 0.15) is 23.1 Å². The van der Waals surface area contributed by atoms with E-state index in [1.54, 1.807) is 0 Å². The normalized spacial score (nSPS) is 10.0. The van der Waals surface area contributed by atoms with Crippen molar-refractivity contribution in [3.05, 3.63) is 60.2 Å². The molecule has 118 valence electrons. The van der Waals surface area contributed by atoms with E-state index >= 15 is 0 Å². The third-order valence-electron chi connectivity index (χ3n) is 2.91. The number of esters is 1. The van der Waals surface area contributed by atoms with E-state index in [9.17, 15) is 18.4 Å². The first-order valence-corrected chi connectivity index (χ1v) is 6.50. The first kappa shape index (κ1) is 16.4. The Morgan fingerprint density at radius 1 is 1.04 bits per heavy atom. The van der Waals surface area contributed by atoms with Crippen molar-refractivity contribution < 1.29 is 27.8 Å². The Kier molecular flexibility index (Phi) is 4.85. The van der Waals surface area contributed by atoms with E-state index in [1.807, 2.05) is 0 Å². The molecule has 0 aliphatic carbocycles. The molecule has 0 aliphatic heterocycles. The van der Waals surface area contributed by atoms with Gasteiger partial charge in [0.25, 0.3) is 6.47 Å². The van der Waals surface area contributed by atoms with Crippen LogP contribution < -0.4 is 9.47 Å². The van der Waals surface area contributed by atoms with Gasteiger partial charge < -0.3 is 9.47 Å². The van der Waals surface area contributed by atoms with Crippen molar-refractivity contribution in [1.29, 1.82) is 0 Å². The molecule has 0 fully saturated rings. The van der Waals surface area contributed by atoms with Gasteiger partial charge in [0.05, 0.1) is 0 Å². The number of halogens is 2. The first-order valence-electron chi connectivity index (χ1n) is 6.50. The number of carbonyl (C=O) groups is 2. The molecule has 0 heterocycles. The summed E-state index contributed by atoms with van der Waals surface area (Å²) in [5, 5.41) is 0. The van der Waals surface area contributed by atoms with Crippen molar-refractivity contribution in [2.24, 2.45) is 0 Å². The fourth-order valence-corrected chi connectivity index (χ4v) is 1.82. The Hall–Kier alpha value is -3.02. The molecule has 0 spiro atoms. The molecule has 2 aromatic rings. The van der Waals surface area contributed by atoms with Crippen molar-refractivity contribution in [1.82, 2.24) is 0 Å². The van der Waals surface area contributed by atoms with E-state index in [-0.39, 0.29) is 34.7 Å². The van der Waals surface area contributed by atoms with Crippen LogP contribution in [0.4, 0.5) is 8.78 Å². The van der Waals surface area contributed by atoms with E-state index in [0.29, 0.717) is 0 Å². The average Bonchev–Trinajstić information content (AvgIpc) is 2.48. The lowest BCUT2D eigenvalue weighted by atomic mass is 10.0. The molecule has 0 aromatic heterocycles. The first-order chi connectivity index (χ1) is 10.9. The molecule has 0 N–H and O–H groups in total. The molecule has 2 rings (SSSR count). The van der Waals surface area contributed by atoms with Gasteiger partial charge in [0, 0.05) is 28.8 Å². The summed E-state index contributed by atoms with van der Waals surface area (Å²) in [5.74, 6) is -2.21. The van der Waals surface area contributed by atoms with Gasteiger partial charge in [-0.25, -0.2) is 13.6 Å². The van der Waals surface area contributed by atoms with Crippen molar-refractivity contribution in [2.45, 2.75) is 6.92 Å². The number of rotatable bonds is 5. The SMILES string of the molecule is C=C(C)C(=O)Oc1ccc(-c2ccc(OC=O)cc2F)c(F)c1. The minimum Gasteiger partial charge on any atom is -0.429 e. The maximum Gasteiger partial charge on any atom is 0.338 e. The summed E-state index contributed by atoms with van der Waals surface area (Å²) in [5.41, 5.74) is 0.139. The second-order valence-corrected chi connectivity index (χ2v) is 4.67. The van der Waals surface area contributed by atoms with Gasteiger partial charge in [0.15, 0.2) is 0 Å². The average molecular weight is 318 g/mol. The van der Waals surface area contributed by atoms with Crippen LogP contribution in [0.2, 0.25) is 0 Å². The van der Waals surface area contributed by atoms with Gasteiger partial charge >= 0.3 is 5.97 Å². The standard InChI is InChI=1S/C17H12F2O4/c1-10(2)17(21)23-12-4-6-14(16(19)8-12)13-5-3-11(22-9-20)7-15(13)18/h3-9H,1H2,2H3. The van der Waals surface area contributed by atoms with E-state index in [4.69, 9.17) is 4.74 Å². The lowest BCUT2D eigenvalue weighted by Crippen LogP contribution is -2.08. The Labute approximate surface area is 131 Å². The minimum atomic E-state index is -0.764. The predicted octanol–water partition coefficient (Wildman–Crippen LogP) is 3.65. The zero-order chi connectivity index (χ0) is 17.0. The molecule has 0 aliphatic rings. The van der Waals surface area contributed by atoms with Gasteiger partial charge in [-0.3, -0.25) is 4.79 Å². The van der Waals surface area contributed by atoms with Crippen molar-refractivity contribution in [2.75, 3.05) is 0 Å². The zero-order valence-corrected chi connectivity index (χ0v) is 12.1. The molecule has 0 amide bonds. The molecule has 0 saturated heterocycles. The maximum absolute atomic E-state index is 14.1. The van der Waals surface area contributed by atoms with Crippen molar-refractivity contribution >= 4 is 12.4 Å². The van der Waals surface area contributed by atoms with E-state index in [1.165, 1.54) is 31.2 Å². The third kappa shape index (κ3) is 3.79. The van der Waals surface area contributed by atoms with Crippen LogP contribution >= 0.6 is 0 Å². The van der Waals surface area contributed by atoms with Crippen LogP contribution in [0.5, 0.6) is 11.5 Å². The van der Waals surface area contributed by atoms with Gasteiger partial charge in [-0.1, -0.05) is 6.58 Å². The van der Waals surface area contributed by atoms with Crippen LogP contribution in [0.15, 0.2) is 48.6 Å². The van der Waals surface area contributed by atoms with Gasteiger partial charge in [-0.15, -0.1) is 0 Å². The summed E-state index contributed by atoms with van der Waals surface area (Å²) in [6.07, 6.45) is 0. The fourth-order valence-electron chi connectivity index (χ4n) is 1.82. The van der Waals surface area contributed by atoms with Crippen LogP contribution in [-0.2, 0) is 9.59 Å². The summed E-state index contributed by atoms with van der Waals surface area (Å²) >= 11 is 0. The Balaban J connectivity index is 2.32. The molecule has 0 unspecified atom stereocenters. The lowest BCUT2D eigenvalue weighted by Gasteiger charge is -2.09. The molecule has 0 atom stereocenters. The lowest BCUT2D eigenvalue weighted by molar-refractivity contribution is -0.130. The number of benzene rings is 2. The molecule has 0 saturated carbocycles. The van der Waals surface area contributed by atoms with Crippen molar-refractivity contribution in [3.8, 4) is 22.6 Å². The monoisotopic (exact) mass is 318 g/mol. The van der Waals surface area contributed by atoms with Crippen LogP contribution in [0, 0.1) is 11.6 Å². The van der Waals surface area contributed by atoms with Crippen molar-refractivity contribution in [3.63, 3.8) is 0 Å². The van der Waals surface area contributed by atoms with E-state index in [2.05, 4.69) is 11.3 Å². The topological polar surface area (TPSA) is 52.6 Å². The van der Waals surface area contributed by atoms with E-state index < -0.39 is 17.6 Å². The molecule has 4 nitrogen and oxygen atoms in total. The number of carbonyl (C=O) groups excluding carboxylic acids is 2. The molecular formula is C17H12F2O4. The Morgan fingerprint density at radius 3 is 2.04 bits per heavy atom. The number of hydrogen-bond acceptors (Lipinski definition) is 4. The summed E-state index contributed by atoms with van der Waals surface area (Å²) in [7, 11) is 0. The highest BCUT2D eigenvalue weighted by Crippen LogP contribution is 2.30. The molecule has 23 heavy (non-hydrogen) atoms. The number of hydrogen-bond donors (Lipinski definition) is 0. The largest absolute Gasteiger partial charge is 0.429 e. The molecule has 0 bridgehead atoms. The van der Waals surface area contributed by atoms with Crippen LogP contribution in [0.25, 0.3) is 11.1 Å². The van der Waals surface area contributed by atoms with Gasteiger partial charge in [-0.2, -0.15) is 0 Å². The third-order valence-corrected chi connectivity index (χ3v) is 2.91. The number of ether oxygens (including phenoxy) is 2. The van der Waals surface area contributed by atoms with Crippen LogP contribution in [0.1, 0.15) is 6.92 Å². The Morgan fingerprint density at radius 2 is 1.57 bits per heavy atom. The summed E-state index contributed by atoms with van der Waals surface area (Å²) < 4.78 is 37.6. The smallest absolute Gasteiger partial charge is 0.338 e. The Bertz CT molecular complexity index is 784. The summed E-state index contributed by atoms with van der Waals surface area (Å²) in [4.78, 5) is 21.6. The van der Waals surface area contributed by atoms with Gasteiger partial charge in [-0.05, 0) is 31.2 Å². The maximum atomic E-state index is 14.1. The second-order valence-electron chi connectivity index (χ2n) is 4.67. The fraction of sp³-hybridized carbons (Fsp3) is 0.0588. The van der Waals surface area contributed by atoms with Crippen LogP contribution in [0.3, 0.4) is 0 Å². The van der Waals surface area contributed by atoms with Crippen LogP contribution in [-0.4, -0.2) is 12.4 Å². The minimum absolute atomic E-state index is 0.00802. The van der Waals surface area contributed by atoms with E-state index in [0.717, 1.165) is 12.1 Å². The molecular weight excluding hydrogens is 306 g/mol. The molecule has 2 aromatic carbocycles. The quantitative estimate of drug-likeness (QED) is 0.365. The second kappa shape index (κ2) is 6.83. The molecule has 0 radical (unpaired) electrons. The predicted molar refractivity (Wildman–Crippen MR) is 78.9 cm³/mol. The highest BCUT2D eigenvalue weighted by Gasteiger charge is 2.14. The highest BCUT2D eigenvalue weighted by molar-refractivity contribution is 5.88. The summed E-state index contributed by atoms with van der Waals surface area (Å²) in [6, 6.07) is 7.20. The zero-order valence-electron chi connectivity index (χ0n) is 12.1. The highest BCUT2D eigenvalue weighted by atomic mass is 19.1. The summed E-state index contributed by atoms with van der Waals surface area (Å²) in [6.45, 7) is 5.05. The van der Waals surface area contributed by atoms with Gasteiger partial charge in [0.2, 0.25) is 0 Å².